The van der Waals surface area contributed by atoms with Crippen LogP contribution in [0.3, 0.4) is 0 Å². The number of aryl methyl sites for hydroxylation is 1. The third-order valence-electron chi connectivity index (χ3n) is 3.71. The van der Waals surface area contributed by atoms with E-state index in [1.165, 1.54) is 0 Å². The Morgan fingerprint density at radius 3 is 2.69 bits per heavy atom. The zero-order valence-corrected chi connectivity index (χ0v) is 16.9. The van der Waals surface area contributed by atoms with E-state index in [0.29, 0.717) is 11.4 Å². The van der Waals surface area contributed by atoms with Crippen molar-refractivity contribution >= 4 is 17.5 Å². The van der Waals surface area contributed by atoms with Crippen molar-refractivity contribution in [1.82, 2.24) is 25.6 Å². The summed E-state index contributed by atoms with van der Waals surface area (Å²) in [6, 6.07) is 11.2. The van der Waals surface area contributed by atoms with Crippen LogP contribution in [0.4, 0.5) is 11.6 Å². The first-order chi connectivity index (χ1) is 12.2. The number of amides is 1. The van der Waals surface area contributed by atoms with Gasteiger partial charge in [0.15, 0.2) is 0 Å². The minimum Gasteiger partial charge on any atom is -1.00 e. The summed E-state index contributed by atoms with van der Waals surface area (Å²) in [6.07, 6.45) is 2.99. The van der Waals surface area contributed by atoms with Crippen molar-refractivity contribution in [3.05, 3.63) is 47.7 Å². The number of carbonyl (C=O) groups is 1. The van der Waals surface area contributed by atoms with E-state index in [4.69, 9.17) is 5.73 Å². The van der Waals surface area contributed by atoms with Crippen molar-refractivity contribution in [2.45, 2.75) is 26.2 Å². The van der Waals surface area contributed by atoms with Crippen LogP contribution in [-0.4, -0.2) is 31.5 Å². The summed E-state index contributed by atoms with van der Waals surface area (Å²) < 4.78 is 0. The molecule has 0 bridgehead atoms. The second-order valence-corrected chi connectivity index (χ2v) is 5.66. The Kier molecular flexibility index (Phi) is 7.26. The number of rotatable bonds is 6. The van der Waals surface area contributed by atoms with E-state index in [1.807, 2.05) is 30.3 Å². The van der Waals surface area contributed by atoms with Crippen LogP contribution >= 0.6 is 0 Å². The van der Waals surface area contributed by atoms with Crippen LogP contribution in [0.2, 0.25) is 0 Å². The first kappa shape index (κ1) is 20.0. The Morgan fingerprint density at radius 2 is 2.04 bits per heavy atom. The van der Waals surface area contributed by atoms with Gasteiger partial charge in [-0.15, -0.1) is 5.10 Å². The Balaban J connectivity index is 0.00000182. The molecule has 26 heavy (non-hydrogen) atoms. The van der Waals surface area contributed by atoms with Crippen molar-refractivity contribution in [1.29, 1.82) is 0 Å². The molecule has 3 aromatic rings. The zero-order valence-electron chi connectivity index (χ0n) is 15.9. The van der Waals surface area contributed by atoms with E-state index in [-0.39, 0.29) is 42.8 Å². The number of aromatic nitrogens is 5. The molecule has 0 aliphatic rings. The van der Waals surface area contributed by atoms with Crippen LogP contribution in [0, 0.1) is 0 Å². The van der Waals surface area contributed by atoms with Gasteiger partial charge in [0.05, 0.1) is 5.69 Å². The summed E-state index contributed by atoms with van der Waals surface area (Å²) in [5.74, 6) is -0.267. The molecule has 0 saturated heterocycles. The van der Waals surface area contributed by atoms with Crippen LogP contribution in [-0.2, 0) is 6.42 Å². The molecule has 0 fully saturated rings. The summed E-state index contributed by atoms with van der Waals surface area (Å²) in [5.41, 5.74) is 9.43. The van der Waals surface area contributed by atoms with Crippen molar-refractivity contribution in [3.63, 3.8) is 0 Å². The first-order valence-corrected chi connectivity index (χ1v) is 8.07. The number of nitrogens with one attached hydrogen (secondary N) is 2. The second-order valence-electron chi connectivity index (χ2n) is 5.66. The molecule has 130 valence electrons. The monoisotopic (exact) mass is 361 g/mol. The molecule has 1 aromatic carbocycles. The molecule has 4 N–H and O–H groups in total. The summed E-state index contributed by atoms with van der Waals surface area (Å²) in [6.45, 7) is 2.13. The van der Waals surface area contributed by atoms with Crippen LogP contribution < -0.4 is 40.6 Å². The minimum atomic E-state index is -0.378. The Hall–Kier alpha value is -2.29. The standard InChI is InChI=1S/C17H19N7O.Na.H/c1-2-3-4-11-9-14(12-5-7-13(18)8-6-12)19-15(10-11)16(25)20-17-21-23-24-22-17;;/h5-10H,2-4,18H2,1H3,(H2,20,21,22,23,24,25);;/q;+1;-1. The van der Waals surface area contributed by atoms with Gasteiger partial charge in [-0.05, 0) is 47.9 Å². The molecular formula is C17H20N7NaO. The van der Waals surface area contributed by atoms with Crippen LogP contribution in [0.5, 0.6) is 0 Å². The minimum absolute atomic E-state index is 0. The zero-order chi connectivity index (χ0) is 17.6. The Labute approximate surface area is 174 Å². The summed E-state index contributed by atoms with van der Waals surface area (Å²) in [7, 11) is 0. The smallest absolute Gasteiger partial charge is 1.00 e. The van der Waals surface area contributed by atoms with Gasteiger partial charge < -0.3 is 7.16 Å². The molecule has 2 aromatic heterocycles. The molecule has 0 aliphatic heterocycles. The number of benzene rings is 1. The van der Waals surface area contributed by atoms with Gasteiger partial charge in [0.25, 0.3) is 11.9 Å². The number of unbranched alkanes of at least 4 members (excludes halogenated alkanes) is 1. The summed E-state index contributed by atoms with van der Waals surface area (Å²) in [4.78, 5) is 16.9. The maximum atomic E-state index is 12.5. The molecule has 0 aliphatic carbocycles. The number of carbonyl (C=O) groups excluding carboxylic acids is 1. The van der Waals surface area contributed by atoms with Crippen molar-refractivity contribution in [2.75, 3.05) is 11.1 Å². The summed E-state index contributed by atoms with van der Waals surface area (Å²) >= 11 is 0. The van der Waals surface area contributed by atoms with Gasteiger partial charge in [0.2, 0.25) is 0 Å². The number of tetrazole rings is 1. The van der Waals surface area contributed by atoms with Crippen molar-refractivity contribution < 1.29 is 35.8 Å². The Bertz CT molecular complexity index is 856. The van der Waals surface area contributed by atoms with E-state index in [2.05, 4.69) is 37.8 Å². The predicted molar refractivity (Wildman–Crippen MR) is 95.9 cm³/mol. The van der Waals surface area contributed by atoms with Crippen LogP contribution in [0.1, 0.15) is 37.2 Å². The van der Waals surface area contributed by atoms with Gasteiger partial charge in [-0.2, -0.15) is 5.21 Å². The molecule has 8 nitrogen and oxygen atoms in total. The molecule has 0 saturated carbocycles. The molecule has 0 radical (unpaired) electrons. The van der Waals surface area contributed by atoms with Gasteiger partial charge in [-0.25, -0.2) is 4.98 Å². The van der Waals surface area contributed by atoms with E-state index in [1.54, 1.807) is 6.07 Å². The van der Waals surface area contributed by atoms with Crippen LogP contribution in [0.25, 0.3) is 11.3 Å². The number of aromatic amines is 1. The van der Waals surface area contributed by atoms with Gasteiger partial charge in [0, 0.05) is 11.3 Å². The van der Waals surface area contributed by atoms with Crippen LogP contribution in [0.15, 0.2) is 36.4 Å². The average Bonchev–Trinajstić information content (AvgIpc) is 3.13. The number of nitrogens with two attached hydrogens (primary N) is 1. The quantitative estimate of drug-likeness (QED) is 0.404. The molecule has 0 unspecified atom stereocenters. The van der Waals surface area contributed by atoms with Gasteiger partial charge in [-0.1, -0.05) is 30.6 Å². The average molecular weight is 361 g/mol. The fourth-order valence-corrected chi connectivity index (χ4v) is 2.41. The van der Waals surface area contributed by atoms with E-state index in [9.17, 15) is 4.79 Å². The third kappa shape index (κ3) is 5.10. The second kappa shape index (κ2) is 9.42. The molecule has 1 amide bonds. The number of hydrogen-bond acceptors (Lipinski definition) is 6. The SMILES string of the molecule is CCCCc1cc(C(=O)Nc2nn[nH]n2)nc(-c2ccc(N)cc2)c1.[H-].[Na+]. The third-order valence-corrected chi connectivity index (χ3v) is 3.71. The number of nitrogen functional groups attached to an aromatic ring is 1. The number of pyridine rings is 1. The molecule has 0 atom stereocenters. The number of nitrogens with zero attached hydrogens (tertiary/aromatic N) is 4. The van der Waals surface area contributed by atoms with E-state index < -0.39 is 0 Å². The molecule has 0 spiro atoms. The molecule has 9 heteroatoms. The van der Waals surface area contributed by atoms with Gasteiger partial charge in [0.1, 0.15) is 5.69 Å². The Morgan fingerprint density at radius 1 is 1.27 bits per heavy atom. The summed E-state index contributed by atoms with van der Waals surface area (Å²) in [5, 5.41) is 15.7. The maximum Gasteiger partial charge on any atom is 1.00 e. The topological polar surface area (TPSA) is 122 Å². The number of H-pyrrole nitrogens is 1. The van der Waals surface area contributed by atoms with Crippen molar-refractivity contribution in [2.24, 2.45) is 0 Å². The van der Waals surface area contributed by atoms with Gasteiger partial charge >= 0.3 is 29.6 Å². The largest absolute Gasteiger partial charge is 1.00 e. The number of anilines is 2. The molecular weight excluding hydrogens is 341 g/mol. The maximum absolute atomic E-state index is 12.5. The first-order valence-electron chi connectivity index (χ1n) is 8.07. The van der Waals surface area contributed by atoms with Gasteiger partial charge in [-0.3, -0.25) is 10.1 Å². The normalized spacial score (nSPS) is 10.2. The fraction of sp³-hybridized carbons (Fsp3) is 0.235. The fourth-order valence-electron chi connectivity index (χ4n) is 2.41. The molecule has 3 rings (SSSR count). The van der Waals surface area contributed by atoms with Crippen molar-refractivity contribution in [3.8, 4) is 11.3 Å². The van der Waals surface area contributed by atoms with E-state index >= 15 is 0 Å². The van der Waals surface area contributed by atoms with E-state index in [0.717, 1.165) is 36.1 Å². The predicted octanol–water partition coefficient (Wildman–Crippen LogP) is -0.445. The number of hydrogen-bond donors (Lipinski definition) is 3. The molecule has 2 heterocycles.